The number of rotatable bonds is 10. The number of hydrogen-bond donors (Lipinski definition) is 4. The molecule has 2 saturated heterocycles. The van der Waals surface area contributed by atoms with Crippen LogP contribution in [0.5, 0.6) is 0 Å². The van der Waals surface area contributed by atoms with Crippen LogP contribution in [0.1, 0.15) is 9.75 Å². The molecule has 0 radical (unpaired) electrons. The van der Waals surface area contributed by atoms with Gasteiger partial charge in [-0.25, -0.2) is 29.9 Å². The van der Waals surface area contributed by atoms with Crippen molar-refractivity contribution in [2.24, 2.45) is 0 Å². The van der Waals surface area contributed by atoms with E-state index in [0.717, 1.165) is 37.8 Å². The first-order valence-corrected chi connectivity index (χ1v) is 16.7. The van der Waals surface area contributed by atoms with Crippen LogP contribution in [0, 0.1) is 22.7 Å². The molecular formula is C29H33N15O3S2. The van der Waals surface area contributed by atoms with E-state index in [1.54, 1.807) is 7.05 Å². The van der Waals surface area contributed by atoms with Crippen molar-refractivity contribution < 1.29 is 14.7 Å². The average Bonchev–Trinajstić information content (AvgIpc) is 3.78. The van der Waals surface area contributed by atoms with Gasteiger partial charge in [-0.3, -0.25) is 19.4 Å². The summed E-state index contributed by atoms with van der Waals surface area (Å²) < 4.78 is 0. The molecule has 0 bridgehead atoms. The standard InChI is InChI=1S/C15H18N8OS.C14H15N7O2S/c1-17-14(24)9-22-2-4-23(5-3-22)13-6-12(19-10-20-13)21-15-18-8-11(7-16)25-15;15-6-10-7-16-14(24-10)19-11-5-12(18-9-17-11)21-3-1-20(2-4-21)8-13(22)23/h6,8,10H,2-5,9H2,1H3,(H,17,24)(H,18,19,20,21);5,7,9H,1-4,8H2,(H,22,23)(H,16,17,18,19). The van der Waals surface area contributed by atoms with Crippen LogP contribution in [-0.4, -0.2) is 129 Å². The number of nitrogens with zero attached hydrogens (tertiary/aromatic N) is 12. The summed E-state index contributed by atoms with van der Waals surface area (Å²) in [5.74, 6) is 2.07. The third-order valence-corrected chi connectivity index (χ3v) is 9.04. The van der Waals surface area contributed by atoms with E-state index >= 15 is 0 Å². The first kappa shape index (κ1) is 34.8. The van der Waals surface area contributed by atoms with E-state index in [0.29, 0.717) is 64.4 Å². The average molecular weight is 704 g/mol. The molecule has 254 valence electrons. The normalized spacial score (nSPS) is 14.9. The Morgan fingerprint density at radius 3 is 1.57 bits per heavy atom. The second kappa shape index (κ2) is 17.0. The van der Waals surface area contributed by atoms with Gasteiger partial charge in [0.1, 0.15) is 57.8 Å². The van der Waals surface area contributed by atoms with Crippen LogP contribution in [0.25, 0.3) is 0 Å². The Bertz CT molecular complexity index is 1800. The largest absolute Gasteiger partial charge is 0.480 e. The fourth-order valence-corrected chi connectivity index (χ4v) is 6.15. The third kappa shape index (κ3) is 10.2. The number of carbonyl (C=O) groups excluding carboxylic acids is 1. The zero-order chi connectivity index (χ0) is 34.6. The minimum atomic E-state index is -0.808. The smallest absolute Gasteiger partial charge is 0.317 e. The highest BCUT2D eigenvalue weighted by atomic mass is 32.1. The van der Waals surface area contributed by atoms with E-state index in [2.05, 4.69) is 66.6 Å². The first-order chi connectivity index (χ1) is 23.8. The molecule has 18 nitrogen and oxygen atoms in total. The van der Waals surface area contributed by atoms with Crippen LogP contribution in [0.15, 0.2) is 37.2 Å². The lowest BCUT2D eigenvalue weighted by Gasteiger charge is -2.34. The fourth-order valence-electron chi connectivity index (χ4n) is 4.91. The van der Waals surface area contributed by atoms with Crippen molar-refractivity contribution in [3.8, 4) is 12.1 Å². The van der Waals surface area contributed by atoms with Gasteiger partial charge in [-0.1, -0.05) is 22.7 Å². The summed E-state index contributed by atoms with van der Waals surface area (Å²) in [6, 6.07) is 7.78. The van der Waals surface area contributed by atoms with Gasteiger partial charge in [-0.2, -0.15) is 10.5 Å². The molecular weight excluding hydrogens is 671 g/mol. The SMILES string of the molecule is CNC(=O)CN1CCN(c2cc(Nc3ncc(C#N)s3)ncn2)CC1.N#Cc1cnc(Nc2cc(N3CCN(CC(=O)O)CC3)ncn2)s1. The molecule has 0 aromatic carbocycles. The summed E-state index contributed by atoms with van der Waals surface area (Å²) in [6.07, 6.45) is 6.02. The lowest BCUT2D eigenvalue weighted by atomic mass is 10.3. The highest BCUT2D eigenvalue weighted by Gasteiger charge is 2.21. The van der Waals surface area contributed by atoms with Crippen molar-refractivity contribution >= 4 is 68.1 Å². The van der Waals surface area contributed by atoms with Crippen LogP contribution >= 0.6 is 22.7 Å². The second-order valence-corrected chi connectivity index (χ2v) is 12.7. The van der Waals surface area contributed by atoms with Gasteiger partial charge in [-0.05, 0) is 0 Å². The quantitative estimate of drug-likeness (QED) is 0.182. The van der Waals surface area contributed by atoms with Crippen LogP contribution in [0.4, 0.5) is 33.5 Å². The van der Waals surface area contributed by atoms with Gasteiger partial charge in [0.15, 0.2) is 10.3 Å². The molecule has 6 heterocycles. The number of piperazine rings is 2. The molecule has 2 aliphatic heterocycles. The number of anilines is 6. The number of amides is 1. The number of aromatic nitrogens is 6. The summed E-state index contributed by atoms with van der Waals surface area (Å²) in [5.41, 5.74) is 0. The highest BCUT2D eigenvalue weighted by molar-refractivity contribution is 7.16. The molecule has 0 unspecified atom stereocenters. The maximum absolute atomic E-state index is 11.5. The summed E-state index contributed by atoms with van der Waals surface area (Å²) in [6.45, 7) is 6.46. The van der Waals surface area contributed by atoms with Gasteiger partial charge in [0.25, 0.3) is 0 Å². The Balaban J connectivity index is 0.000000191. The molecule has 1 amide bonds. The molecule has 4 aromatic rings. The molecule has 2 fully saturated rings. The Hall–Kier alpha value is -5.54. The third-order valence-electron chi connectivity index (χ3n) is 7.40. The van der Waals surface area contributed by atoms with Crippen molar-refractivity contribution in [1.29, 1.82) is 10.5 Å². The Kier molecular flexibility index (Phi) is 12.1. The molecule has 0 aliphatic carbocycles. The predicted octanol–water partition coefficient (Wildman–Crippen LogP) is 1.17. The summed E-state index contributed by atoms with van der Waals surface area (Å²) in [4.78, 5) is 56.8. The van der Waals surface area contributed by atoms with Gasteiger partial charge < -0.3 is 30.9 Å². The highest BCUT2D eigenvalue weighted by Crippen LogP contribution is 2.24. The predicted molar refractivity (Wildman–Crippen MR) is 183 cm³/mol. The summed E-state index contributed by atoms with van der Waals surface area (Å²) in [7, 11) is 1.65. The van der Waals surface area contributed by atoms with E-state index in [4.69, 9.17) is 15.6 Å². The lowest BCUT2D eigenvalue weighted by Crippen LogP contribution is -2.49. The van der Waals surface area contributed by atoms with E-state index < -0.39 is 5.97 Å². The molecule has 20 heteroatoms. The van der Waals surface area contributed by atoms with Crippen molar-refractivity contribution in [2.45, 2.75) is 0 Å². The zero-order valence-electron chi connectivity index (χ0n) is 26.5. The molecule has 4 N–H and O–H groups in total. The maximum atomic E-state index is 11.5. The topological polar surface area (TPSA) is 228 Å². The Morgan fingerprint density at radius 1 is 0.735 bits per heavy atom. The van der Waals surface area contributed by atoms with E-state index in [1.165, 1.54) is 47.7 Å². The van der Waals surface area contributed by atoms with Crippen molar-refractivity contribution in [3.63, 3.8) is 0 Å². The molecule has 0 atom stereocenters. The van der Waals surface area contributed by atoms with E-state index in [1.807, 2.05) is 23.1 Å². The molecule has 49 heavy (non-hydrogen) atoms. The minimum absolute atomic E-state index is 0.0298. The maximum Gasteiger partial charge on any atom is 0.317 e. The van der Waals surface area contributed by atoms with E-state index in [9.17, 15) is 9.59 Å². The van der Waals surface area contributed by atoms with Gasteiger partial charge >= 0.3 is 5.97 Å². The number of nitriles is 2. The van der Waals surface area contributed by atoms with Crippen LogP contribution in [0.2, 0.25) is 0 Å². The number of carbonyl (C=O) groups is 2. The van der Waals surface area contributed by atoms with Crippen molar-refractivity contribution in [2.75, 3.05) is 92.9 Å². The van der Waals surface area contributed by atoms with Crippen molar-refractivity contribution in [3.05, 3.63) is 46.9 Å². The first-order valence-electron chi connectivity index (χ1n) is 15.1. The molecule has 0 saturated carbocycles. The van der Waals surface area contributed by atoms with E-state index in [-0.39, 0.29) is 12.5 Å². The lowest BCUT2D eigenvalue weighted by molar-refractivity contribution is -0.138. The van der Waals surface area contributed by atoms with Gasteiger partial charge in [-0.15, -0.1) is 0 Å². The molecule has 6 rings (SSSR count). The zero-order valence-corrected chi connectivity index (χ0v) is 28.1. The number of aliphatic carboxylic acids is 1. The molecule has 4 aromatic heterocycles. The molecule has 2 aliphatic rings. The second-order valence-electron chi connectivity index (χ2n) is 10.6. The van der Waals surface area contributed by atoms with Crippen LogP contribution in [0.3, 0.4) is 0 Å². The number of likely N-dealkylation sites (N-methyl/N-ethyl adjacent to an activating group) is 1. The van der Waals surface area contributed by atoms with Gasteiger partial charge in [0, 0.05) is 71.5 Å². The fraction of sp³-hybridized carbons (Fsp3) is 0.379. The summed E-state index contributed by atoms with van der Waals surface area (Å²) >= 11 is 2.53. The van der Waals surface area contributed by atoms with Crippen LogP contribution in [-0.2, 0) is 9.59 Å². The number of thiazole rings is 2. The Morgan fingerprint density at radius 2 is 1.18 bits per heavy atom. The van der Waals surface area contributed by atoms with Gasteiger partial charge in [0.2, 0.25) is 5.91 Å². The number of hydrogen-bond acceptors (Lipinski definition) is 18. The van der Waals surface area contributed by atoms with Crippen LogP contribution < -0.4 is 25.8 Å². The number of nitrogens with one attached hydrogen (secondary N) is 3. The van der Waals surface area contributed by atoms with Crippen molar-refractivity contribution in [1.82, 2.24) is 45.0 Å². The molecule has 0 spiro atoms. The minimum Gasteiger partial charge on any atom is -0.480 e. The van der Waals surface area contributed by atoms with Gasteiger partial charge in [0.05, 0.1) is 25.5 Å². The monoisotopic (exact) mass is 703 g/mol. The number of carboxylic acid groups (broad SMARTS) is 1. The number of carboxylic acids is 1. The summed E-state index contributed by atoms with van der Waals surface area (Å²) in [5, 5.41) is 36.5. The Labute approximate surface area is 289 Å².